The van der Waals surface area contributed by atoms with E-state index in [0.717, 1.165) is 11.4 Å². The molecule has 0 radical (unpaired) electrons. The number of nitrogen functional groups attached to an aromatic ring is 1. The molecule has 5 heteroatoms. The van der Waals surface area contributed by atoms with Crippen molar-refractivity contribution in [3.8, 4) is 0 Å². The third kappa shape index (κ3) is 1.11. The molecule has 0 fully saturated rings. The highest BCUT2D eigenvalue weighted by atomic mass is 79.9. The van der Waals surface area contributed by atoms with Crippen LogP contribution in [0.25, 0.3) is 0 Å². The van der Waals surface area contributed by atoms with Gasteiger partial charge in [-0.05, 0) is 0 Å². The Morgan fingerprint density at radius 3 is 3.08 bits per heavy atom. The largest absolute Gasteiger partial charge is 0.397 e. The lowest BCUT2D eigenvalue weighted by Gasteiger charge is -2.03. The fourth-order valence-corrected chi connectivity index (χ4v) is 1.73. The fraction of sp³-hybridized carbons (Fsp3) is 0.143. The van der Waals surface area contributed by atoms with E-state index in [9.17, 15) is 0 Å². The van der Waals surface area contributed by atoms with Gasteiger partial charge in [0.1, 0.15) is 10.8 Å². The molecule has 12 heavy (non-hydrogen) atoms. The van der Waals surface area contributed by atoms with Crippen molar-refractivity contribution in [2.24, 2.45) is 4.99 Å². The van der Waals surface area contributed by atoms with Crippen LogP contribution >= 0.6 is 27.5 Å². The van der Waals surface area contributed by atoms with Gasteiger partial charge in [0, 0.05) is 12.3 Å². The first-order valence-electron chi connectivity index (χ1n) is 3.32. The summed E-state index contributed by atoms with van der Waals surface area (Å²) in [6.45, 7) is 0. The molecule has 2 rings (SSSR count). The van der Waals surface area contributed by atoms with Crippen molar-refractivity contribution >= 4 is 45.1 Å². The third-order valence-corrected chi connectivity index (χ3v) is 2.48. The molecular weight excluding hydrogens is 241 g/mol. The number of aliphatic imine (C=N–C) groups is 1. The summed E-state index contributed by atoms with van der Waals surface area (Å²) in [5, 5.41) is 0.404. The van der Waals surface area contributed by atoms with Crippen molar-refractivity contribution in [1.29, 1.82) is 0 Å². The maximum absolute atomic E-state index is 5.73. The van der Waals surface area contributed by atoms with Crippen molar-refractivity contribution in [1.82, 2.24) is 4.98 Å². The Morgan fingerprint density at radius 1 is 1.58 bits per heavy atom. The molecule has 0 spiro atoms. The van der Waals surface area contributed by atoms with Crippen LogP contribution in [0, 0.1) is 0 Å². The molecule has 0 bridgehead atoms. The molecule has 0 amide bonds. The standard InChI is InChI=1S/C7H5BrClN3/c8-3-2-11-7-4(10)1-5(9)12-6(3)7/h1-3H,(H2,10,12). The van der Waals surface area contributed by atoms with Crippen LogP contribution in [0.3, 0.4) is 0 Å². The van der Waals surface area contributed by atoms with Gasteiger partial charge in [0.2, 0.25) is 0 Å². The zero-order valence-corrected chi connectivity index (χ0v) is 8.30. The molecule has 1 aromatic rings. The number of hydrogen-bond acceptors (Lipinski definition) is 3. The van der Waals surface area contributed by atoms with Gasteiger partial charge in [-0.15, -0.1) is 0 Å². The highest BCUT2D eigenvalue weighted by Crippen LogP contribution is 2.39. The Morgan fingerprint density at radius 2 is 2.33 bits per heavy atom. The van der Waals surface area contributed by atoms with E-state index < -0.39 is 0 Å². The summed E-state index contributed by atoms with van der Waals surface area (Å²) >= 11 is 9.11. The first-order valence-corrected chi connectivity index (χ1v) is 4.62. The van der Waals surface area contributed by atoms with E-state index in [1.165, 1.54) is 0 Å². The highest BCUT2D eigenvalue weighted by Gasteiger charge is 2.20. The molecule has 0 saturated heterocycles. The first-order chi connectivity index (χ1) is 5.68. The average Bonchev–Trinajstić information content (AvgIpc) is 2.33. The smallest absolute Gasteiger partial charge is 0.131 e. The van der Waals surface area contributed by atoms with Crippen LogP contribution in [0.5, 0.6) is 0 Å². The fourth-order valence-electron chi connectivity index (χ4n) is 1.09. The SMILES string of the molecule is Nc1cc(Cl)nc2c1N=CC2Br. The molecule has 1 aliphatic rings. The lowest BCUT2D eigenvalue weighted by molar-refractivity contribution is 1.17. The van der Waals surface area contributed by atoms with Gasteiger partial charge in [-0.2, -0.15) is 0 Å². The Bertz CT molecular complexity index is 364. The summed E-state index contributed by atoms with van der Waals surface area (Å²) < 4.78 is 0. The van der Waals surface area contributed by atoms with E-state index in [0.29, 0.717) is 10.8 Å². The second kappa shape index (κ2) is 2.71. The van der Waals surface area contributed by atoms with Gasteiger partial charge in [0.15, 0.2) is 0 Å². The van der Waals surface area contributed by atoms with E-state index in [1.807, 2.05) is 0 Å². The van der Waals surface area contributed by atoms with Gasteiger partial charge in [0.25, 0.3) is 0 Å². The van der Waals surface area contributed by atoms with Crippen LogP contribution in [0.4, 0.5) is 11.4 Å². The number of anilines is 1. The van der Waals surface area contributed by atoms with Crippen molar-refractivity contribution in [3.63, 3.8) is 0 Å². The summed E-state index contributed by atoms with van der Waals surface area (Å²) in [5.41, 5.74) is 7.76. The Labute approximate surface area is 82.8 Å². The molecule has 1 aliphatic heterocycles. The number of alkyl halides is 1. The third-order valence-electron chi connectivity index (χ3n) is 1.61. The number of aromatic nitrogens is 1. The van der Waals surface area contributed by atoms with Crippen molar-refractivity contribution in [2.75, 3.05) is 5.73 Å². The van der Waals surface area contributed by atoms with Crippen molar-refractivity contribution in [3.05, 3.63) is 16.9 Å². The molecule has 1 aromatic heterocycles. The number of rotatable bonds is 0. The van der Waals surface area contributed by atoms with Gasteiger partial charge >= 0.3 is 0 Å². The Balaban J connectivity index is 2.66. The van der Waals surface area contributed by atoms with Gasteiger partial charge in [-0.1, -0.05) is 27.5 Å². The molecule has 1 atom stereocenters. The predicted molar refractivity (Wildman–Crippen MR) is 53.5 cm³/mol. The minimum Gasteiger partial charge on any atom is -0.397 e. The Hall–Kier alpha value is -0.610. The van der Waals surface area contributed by atoms with Crippen molar-refractivity contribution < 1.29 is 0 Å². The second-order valence-corrected chi connectivity index (χ2v) is 3.82. The number of hydrogen-bond donors (Lipinski definition) is 1. The molecule has 0 saturated carbocycles. The van der Waals surface area contributed by atoms with Gasteiger partial charge < -0.3 is 5.73 Å². The predicted octanol–water partition coefficient (Wildman–Crippen LogP) is 2.47. The molecule has 2 N–H and O–H groups in total. The molecule has 0 aliphatic carbocycles. The lowest BCUT2D eigenvalue weighted by Crippen LogP contribution is -1.93. The normalized spacial score (nSPS) is 19.7. The summed E-state index contributed by atoms with van der Waals surface area (Å²) in [7, 11) is 0. The van der Waals surface area contributed by atoms with Crippen LogP contribution < -0.4 is 5.73 Å². The average molecular weight is 246 g/mol. The molecule has 3 nitrogen and oxygen atoms in total. The number of nitrogens with two attached hydrogens (primary N) is 1. The monoisotopic (exact) mass is 245 g/mol. The van der Waals surface area contributed by atoms with E-state index >= 15 is 0 Å². The van der Waals surface area contributed by atoms with Crippen LogP contribution in [-0.4, -0.2) is 11.2 Å². The van der Waals surface area contributed by atoms with E-state index in [2.05, 4.69) is 25.9 Å². The summed E-state index contributed by atoms with van der Waals surface area (Å²) in [4.78, 5) is 8.25. The summed E-state index contributed by atoms with van der Waals surface area (Å²) in [5.74, 6) is 0. The Kier molecular flexibility index (Phi) is 1.81. The number of fused-ring (bicyclic) bond motifs is 1. The number of halogens is 2. The van der Waals surface area contributed by atoms with E-state index in [1.54, 1.807) is 12.3 Å². The minimum atomic E-state index is 0.0356. The lowest BCUT2D eigenvalue weighted by atomic mass is 10.2. The van der Waals surface area contributed by atoms with Crippen LogP contribution in [0.1, 0.15) is 10.5 Å². The number of pyridine rings is 1. The molecule has 0 aromatic carbocycles. The van der Waals surface area contributed by atoms with Crippen LogP contribution in [0.2, 0.25) is 5.15 Å². The maximum atomic E-state index is 5.73. The van der Waals surface area contributed by atoms with Gasteiger partial charge in [0.05, 0.1) is 16.2 Å². The van der Waals surface area contributed by atoms with Crippen LogP contribution in [0.15, 0.2) is 11.1 Å². The quantitative estimate of drug-likeness (QED) is 0.565. The van der Waals surface area contributed by atoms with E-state index in [4.69, 9.17) is 17.3 Å². The van der Waals surface area contributed by atoms with Crippen molar-refractivity contribution in [2.45, 2.75) is 4.83 Å². The van der Waals surface area contributed by atoms with Crippen LogP contribution in [-0.2, 0) is 0 Å². The zero-order valence-electron chi connectivity index (χ0n) is 5.96. The highest BCUT2D eigenvalue weighted by molar-refractivity contribution is 9.09. The minimum absolute atomic E-state index is 0.0356. The molecule has 1 unspecified atom stereocenters. The molecule has 2 heterocycles. The molecule has 62 valence electrons. The maximum Gasteiger partial charge on any atom is 0.131 e. The first kappa shape index (κ1) is 8.01. The summed E-state index contributed by atoms with van der Waals surface area (Å²) in [6.07, 6.45) is 1.74. The topological polar surface area (TPSA) is 51.3 Å². The number of nitrogens with zero attached hydrogens (tertiary/aromatic N) is 2. The van der Waals surface area contributed by atoms with Gasteiger partial charge in [-0.3, -0.25) is 4.99 Å². The van der Waals surface area contributed by atoms with E-state index in [-0.39, 0.29) is 4.83 Å². The van der Waals surface area contributed by atoms with Gasteiger partial charge in [-0.25, -0.2) is 4.98 Å². The molecular formula is C7H5BrClN3. The summed E-state index contributed by atoms with van der Waals surface area (Å²) in [6, 6.07) is 1.60. The second-order valence-electron chi connectivity index (χ2n) is 2.45. The zero-order chi connectivity index (χ0) is 8.72.